The summed E-state index contributed by atoms with van der Waals surface area (Å²) >= 11 is 0. The normalized spacial score (nSPS) is 10.4. The quantitative estimate of drug-likeness (QED) is 0.368. The third-order valence-electron chi connectivity index (χ3n) is 1.43. The minimum atomic E-state index is -5.17. The topological polar surface area (TPSA) is 156 Å². The van der Waals surface area contributed by atoms with Gasteiger partial charge in [0.1, 0.15) is 0 Å². The lowest BCUT2D eigenvalue weighted by molar-refractivity contribution is -0.386. The van der Waals surface area contributed by atoms with Crippen LogP contribution in [0.5, 0.6) is 5.75 Å². The molecule has 1 aromatic carbocycles. The van der Waals surface area contributed by atoms with E-state index in [4.69, 9.17) is 22.6 Å². The van der Waals surface area contributed by atoms with Gasteiger partial charge >= 0.3 is 0 Å². The van der Waals surface area contributed by atoms with Crippen molar-refractivity contribution in [2.24, 2.45) is 0 Å². The van der Waals surface area contributed by atoms with Gasteiger partial charge in [-0.05, 0) is 12.1 Å². The Morgan fingerprint density at radius 3 is 2.13 bits per heavy atom. The molecule has 0 fully saturated rings. The van der Waals surface area contributed by atoms with Gasteiger partial charge in [0.25, 0.3) is 0 Å². The molecule has 1 aromatic rings. The molecule has 0 atom stereocenters. The first-order chi connectivity index (χ1) is 6.74. The molecule has 0 amide bonds. The zero-order valence-electron chi connectivity index (χ0n) is 7.84. The highest BCUT2D eigenvalue weighted by Gasteiger charge is 2.00. The van der Waals surface area contributed by atoms with Gasteiger partial charge in [-0.25, -0.2) is 0 Å². The van der Waals surface area contributed by atoms with Crippen LogP contribution < -0.4 is 11.5 Å². The van der Waals surface area contributed by atoms with Gasteiger partial charge in [-0.3, -0.25) is 8.42 Å². The molecular weight excluding hydrogens is 224 g/mol. The van der Waals surface area contributed by atoms with E-state index in [9.17, 15) is 0 Å². The second-order valence-electron chi connectivity index (χ2n) is 2.62. The molecule has 0 saturated carbocycles. The van der Waals surface area contributed by atoms with E-state index in [1.165, 1.54) is 0 Å². The summed E-state index contributed by atoms with van der Waals surface area (Å²) in [4.78, 5) is 0. The highest BCUT2D eigenvalue weighted by molar-refractivity contribution is 7.79. The van der Waals surface area contributed by atoms with Gasteiger partial charge in [-0.1, -0.05) is 0 Å². The second kappa shape index (κ2) is 5.63. The van der Waals surface area contributed by atoms with E-state index in [1.54, 1.807) is 6.07 Å². The fourth-order valence-corrected chi connectivity index (χ4v) is 0.794. The van der Waals surface area contributed by atoms with E-state index >= 15 is 0 Å². The largest absolute Gasteiger partial charge is 0.759 e. The Morgan fingerprint density at radius 2 is 1.80 bits per heavy atom. The predicted octanol–water partition coefficient (Wildman–Crippen LogP) is -2.33. The Morgan fingerprint density at radius 1 is 1.33 bits per heavy atom. The monoisotopic (exact) mass is 236 g/mol. The van der Waals surface area contributed by atoms with Crippen molar-refractivity contribution in [3.8, 4) is 5.75 Å². The highest BCUT2D eigenvalue weighted by Crippen LogP contribution is 2.17. The molecule has 86 valence electrons. The Hall–Kier alpha value is -1.19. The molecular formula is C7H12N2O5S. The van der Waals surface area contributed by atoms with E-state index in [0.29, 0.717) is 5.69 Å². The number of aromatic hydroxyl groups is 1. The molecule has 0 aliphatic heterocycles. The maximum Gasteiger partial charge on any atom is 0.176 e. The van der Waals surface area contributed by atoms with Crippen LogP contribution in [0, 0.1) is 0 Å². The lowest BCUT2D eigenvalue weighted by Gasteiger charge is -2.06. The van der Waals surface area contributed by atoms with Crippen molar-refractivity contribution in [1.82, 2.24) is 0 Å². The molecule has 0 unspecified atom stereocenters. The van der Waals surface area contributed by atoms with Gasteiger partial charge in [0.05, 0.1) is 6.54 Å². The molecule has 0 aromatic heterocycles. The fourth-order valence-electron chi connectivity index (χ4n) is 0.794. The fraction of sp³-hybridized carbons (Fsp3) is 0.143. The Bertz CT molecular complexity index is 409. The predicted molar refractivity (Wildman–Crippen MR) is 47.7 cm³/mol. The van der Waals surface area contributed by atoms with E-state index in [-0.39, 0.29) is 5.75 Å². The summed E-state index contributed by atoms with van der Waals surface area (Å²) in [5.74, 6) is 0.247. The van der Waals surface area contributed by atoms with Crippen LogP contribution in [-0.4, -0.2) is 22.6 Å². The molecule has 0 heterocycles. The number of quaternary nitrogens is 2. The lowest BCUT2D eigenvalue weighted by atomic mass is 10.2. The average molecular weight is 236 g/mol. The molecule has 8 heteroatoms. The van der Waals surface area contributed by atoms with Crippen LogP contribution in [-0.2, 0) is 16.9 Å². The Kier molecular flexibility index (Phi) is 5.19. The smallest absolute Gasteiger partial charge is 0.176 e. The molecule has 7 nitrogen and oxygen atoms in total. The molecule has 7 N–H and O–H groups in total. The summed E-state index contributed by atoms with van der Waals surface area (Å²) in [5.41, 5.74) is 9.14. The minimum Gasteiger partial charge on any atom is -0.759 e. The summed E-state index contributed by atoms with van der Waals surface area (Å²) in [6.45, 7) is 0.739. The Balaban J connectivity index is 0.000000336. The molecule has 15 heavy (non-hydrogen) atoms. The van der Waals surface area contributed by atoms with Crippen LogP contribution in [0.25, 0.3) is 0 Å². The van der Waals surface area contributed by atoms with Gasteiger partial charge in [-0.15, -0.1) is 0 Å². The van der Waals surface area contributed by atoms with Gasteiger partial charge in [0.15, 0.2) is 11.4 Å². The maximum atomic E-state index is 9.06. The second-order valence-corrected chi connectivity index (χ2v) is 3.44. The van der Waals surface area contributed by atoms with Crippen molar-refractivity contribution in [3.05, 3.63) is 23.8 Å². The number of phenolic OH excluding ortho intramolecular Hbond substituents is 1. The zero-order valence-corrected chi connectivity index (χ0v) is 8.66. The van der Waals surface area contributed by atoms with Gasteiger partial charge in [0.2, 0.25) is 0 Å². The first-order valence-corrected chi connectivity index (χ1v) is 5.17. The standard InChI is InChI=1S/C7H10N2O.H2O4S/c8-4-5-1-2-7(10)6(9)3-5;1-5(2,3)4/h1-3,10H,4,8-9H2;(H2,1,2,3,4). The molecule has 0 aliphatic carbocycles. The van der Waals surface area contributed by atoms with E-state index in [1.807, 2.05) is 12.1 Å². The van der Waals surface area contributed by atoms with Crippen LogP contribution in [0.3, 0.4) is 0 Å². The van der Waals surface area contributed by atoms with Crippen molar-refractivity contribution >= 4 is 16.1 Å². The van der Waals surface area contributed by atoms with E-state index in [0.717, 1.165) is 12.1 Å². The highest BCUT2D eigenvalue weighted by atomic mass is 32.3. The van der Waals surface area contributed by atoms with Crippen molar-refractivity contribution in [1.29, 1.82) is 0 Å². The summed E-state index contributed by atoms with van der Waals surface area (Å²) in [7, 11) is -5.17. The molecule has 0 bridgehead atoms. The zero-order chi connectivity index (χ0) is 12.1. The first-order valence-electron chi connectivity index (χ1n) is 3.84. The van der Waals surface area contributed by atoms with Gasteiger partial charge in [-0.2, -0.15) is 0 Å². The van der Waals surface area contributed by atoms with Gasteiger partial charge < -0.3 is 25.7 Å². The first kappa shape index (κ1) is 13.8. The molecule has 0 radical (unpaired) electrons. The van der Waals surface area contributed by atoms with Crippen LogP contribution in [0.4, 0.5) is 5.69 Å². The summed E-state index contributed by atoms with van der Waals surface area (Å²) in [6.07, 6.45) is 0. The minimum absolute atomic E-state index is 0.247. The van der Waals surface area contributed by atoms with Crippen LogP contribution in [0.1, 0.15) is 5.56 Å². The molecule has 0 spiro atoms. The molecule has 0 aliphatic rings. The Labute approximate surface area is 86.9 Å². The number of rotatable bonds is 1. The van der Waals surface area contributed by atoms with Gasteiger partial charge in [0, 0.05) is 22.0 Å². The van der Waals surface area contributed by atoms with Crippen molar-refractivity contribution in [2.75, 3.05) is 0 Å². The van der Waals surface area contributed by atoms with Crippen LogP contribution >= 0.6 is 0 Å². The molecule has 0 saturated heterocycles. The maximum absolute atomic E-state index is 9.06. The number of hydrogen-bond donors (Lipinski definition) is 3. The summed E-state index contributed by atoms with van der Waals surface area (Å²) < 4.78 is 34.1. The van der Waals surface area contributed by atoms with Crippen molar-refractivity contribution < 1.29 is 34.1 Å². The number of benzene rings is 1. The average Bonchev–Trinajstić information content (AvgIpc) is 2.07. The molecule has 1 rings (SSSR count). The van der Waals surface area contributed by atoms with Crippen molar-refractivity contribution in [2.45, 2.75) is 6.54 Å². The third kappa shape index (κ3) is 7.85. The van der Waals surface area contributed by atoms with Crippen molar-refractivity contribution in [3.63, 3.8) is 0 Å². The van der Waals surface area contributed by atoms with E-state index < -0.39 is 10.4 Å². The van der Waals surface area contributed by atoms with Crippen LogP contribution in [0.15, 0.2) is 18.2 Å². The number of phenols is 1. The number of hydrogen-bond acceptors (Lipinski definition) is 5. The third-order valence-corrected chi connectivity index (χ3v) is 1.43. The van der Waals surface area contributed by atoms with E-state index in [2.05, 4.69) is 11.5 Å². The SMILES string of the molecule is O=S(=O)([O-])[O-].[NH3+]Cc1ccc(O)c([NH3+])c1. The summed E-state index contributed by atoms with van der Waals surface area (Å²) in [5, 5.41) is 9.06. The summed E-state index contributed by atoms with van der Waals surface area (Å²) in [6, 6.07) is 5.32. The lowest BCUT2D eigenvalue weighted by Crippen LogP contribution is -2.48. The van der Waals surface area contributed by atoms with Crippen LogP contribution in [0.2, 0.25) is 0 Å².